The zero-order valence-corrected chi connectivity index (χ0v) is 25.2. The minimum atomic E-state index is -0.211. The molecule has 206 valence electrons. The molecule has 0 aliphatic carbocycles. The fourth-order valence-electron chi connectivity index (χ4n) is 4.85. The van der Waals surface area contributed by atoms with Gasteiger partial charge in [0.1, 0.15) is 11.5 Å². The quantitative estimate of drug-likeness (QED) is 0.158. The summed E-state index contributed by atoms with van der Waals surface area (Å²) in [6.45, 7) is 0. The van der Waals surface area contributed by atoms with E-state index in [1.807, 2.05) is 24.3 Å². The Morgan fingerprint density at radius 1 is 0.405 bits per heavy atom. The first-order chi connectivity index (χ1) is 20.7. The van der Waals surface area contributed by atoms with Crippen molar-refractivity contribution in [2.75, 3.05) is 14.2 Å². The first-order valence-electron chi connectivity index (χ1n) is 13.8. The number of hydrogen-bond acceptors (Lipinski definition) is 3. The zero-order chi connectivity index (χ0) is 28.7. The van der Waals surface area contributed by atoms with Gasteiger partial charge in [-0.3, -0.25) is 0 Å². The van der Waals surface area contributed by atoms with Gasteiger partial charge < -0.3 is 9.47 Å². The van der Waals surface area contributed by atoms with Crippen LogP contribution in [0.4, 0.5) is 0 Å². The van der Waals surface area contributed by atoms with Crippen LogP contribution in [0, 0.1) is 0 Å². The first kappa shape index (κ1) is 27.8. The van der Waals surface area contributed by atoms with Gasteiger partial charge in [0.05, 0.1) is 25.1 Å². The fraction of sp³-hybridized carbons (Fsp3) is 0.0526. The smallest absolute Gasteiger partial charge is 0.166 e. The van der Waals surface area contributed by atoms with E-state index in [-0.39, 0.29) is 10.9 Å². The lowest BCUT2D eigenvalue weighted by Gasteiger charge is -2.10. The van der Waals surface area contributed by atoms with Gasteiger partial charge in [-0.15, -0.1) is 0 Å². The summed E-state index contributed by atoms with van der Waals surface area (Å²) in [4.78, 5) is 6.33. The number of ether oxygens (including phenoxy) is 2. The van der Waals surface area contributed by atoms with Crippen molar-refractivity contribution in [3.63, 3.8) is 0 Å². The zero-order valence-electron chi connectivity index (χ0n) is 23.6. The summed E-state index contributed by atoms with van der Waals surface area (Å²) < 4.78 is 10.8. The molecule has 0 bridgehead atoms. The highest BCUT2D eigenvalue weighted by Gasteiger charge is 2.28. The van der Waals surface area contributed by atoms with Gasteiger partial charge in [-0.05, 0) is 119 Å². The van der Waals surface area contributed by atoms with Crippen LogP contribution < -0.4 is 9.47 Å². The molecule has 0 spiro atoms. The molecular weight excluding hydrogens is 553 g/mol. The first-order valence-corrected chi connectivity index (χ1v) is 15.8. The molecule has 42 heavy (non-hydrogen) atoms. The average molecular weight is 584 g/mol. The second-order valence-electron chi connectivity index (χ2n) is 9.71. The second kappa shape index (κ2) is 13.1. The maximum Gasteiger partial charge on any atom is 0.166 e. The number of hydrogen-bond donors (Lipinski definition) is 0. The summed E-state index contributed by atoms with van der Waals surface area (Å²) in [6.07, 6.45) is 0. The largest absolute Gasteiger partial charge is 0.497 e. The Morgan fingerprint density at radius 3 is 1.33 bits per heavy atom. The summed E-state index contributed by atoms with van der Waals surface area (Å²) in [5, 5.41) is 0. The van der Waals surface area contributed by atoms with E-state index in [9.17, 15) is 0 Å². The maximum atomic E-state index is 5.43. The van der Waals surface area contributed by atoms with E-state index < -0.39 is 0 Å². The third-order valence-corrected chi connectivity index (χ3v) is 10.3. The van der Waals surface area contributed by atoms with Crippen LogP contribution in [0.3, 0.4) is 0 Å². The van der Waals surface area contributed by atoms with Crippen LogP contribution in [0.2, 0.25) is 0 Å². The van der Waals surface area contributed by atoms with Crippen LogP contribution in [0.25, 0.3) is 22.3 Å². The summed E-state index contributed by atoms with van der Waals surface area (Å²) in [5.74, 6) is 1.74. The minimum absolute atomic E-state index is 0.211. The molecular formula is C38H31O2S2+. The molecule has 0 aliphatic rings. The second-order valence-corrected chi connectivity index (χ2v) is 12.9. The maximum absolute atomic E-state index is 5.43. The highest BCUT2D eigenvalue weighted by Crippen LogP contribution is 2.36. The highest BCUT2D eigenvalue weighted by atomic mass is 32.2. The molecule has 0 fully saturated rings. The Hall–Kier alpha value is -4.38. The molecule has 1 unspecified atom stereocenters. The number of rotatable bonds is 9. The van der Waals surface area contributed by atoms with Crippen LogP contribution in [-0.4, -0.2) is 14.2 Å². The molecule has 6 aromatic carbocycles. The van der Waals surface area contributed by atoms with E-state index in [4.69, 9.17) is 9.47 Å². The molecule has 1 atom stereocenters. The summed E-state index contributed by atoms with van der Waals surface area (Å²) >= 11 is 1.78. The SMILES string of the molecule is COc1cccc(-c2ccc(Sc3ccc([S+](c4ccccc4)c4ccc(-c5cccc(OC)c5)cc4)cc3)cc2)c1. The van der Waals surface area contributed by atoms with Gasteiger partial charge >= 0.3 is 0 Å². The molecule has 0 saturated heterocycles. The van der Waals surface area contributed by atoms with E-state index in [2.05, 4.69) is 127 Å². The van der Waals surface area contributed by atoms with Crippen molar-refractivity contribution >= 4 is 22.7 Å². The molecule has 0 amide bonds. The van der Waals surface area contributed by atoms with Gasteiger partial charge in [0.15, 0.2) is 14.7 Å². The van der Waals surface area contributed by atoms with E-state index in [0.717, 1.165) is 22.6 Å². The van der Waals surface area contributed by atoms with Crippen LogP contribution >= 0.6 is 11.8 Å². The van der Waals surface area contributed by atoms with Gasteiger partial charge in [-0.1, -0.05) is 66.4 Å². The van der Waals surface area contributed by atoms with Crippen molar-refractivity contribution in [1.29, 1.82) is 0 Å². The fourth-order valence-corrected chi connectivity index (χ4v) is 7.73. The van der Waals surface area contributed by atoms with Crippen molar-refractivity contribution < 1.29 is 9.47 Å². The van der Waals surface area contributed by atoms with Crippen LogP contribution in [-0.2, 0) is 10.9 Å². The molecule has 6 aromatic rings. The predicted molar refractivity (Wildman–Crippen MR) is 176 cm³/mol. The lowest BCUT2D eigenvalue weighted by atomic mass is 10.1. The lowest BCUT2D eigenvalue weighted by Crippen LogP contribution is -2.04. The summed E-state index contributed by atoms with van der Waals surface area (Å²) in [5.41, 5.74) is 4.66. The molecule has 0 radical (unpaired) electrons. The highest BCUT2D eigenvalue weighted by molar-refractivity contribution is 7.99. The number of benzene rings is 6. The van der Waals surface area contributed by atoms with Gasteiger partial charge in [0.2, 0.25) is 0 Å². The summed E-state index contributed by atoms with van der Waals surface area (Å²) in [7, 11) is 3.19. The van der Waals surface area contributed by atoms with Gasteiger partial charge in [-0.25, -0.2) is 0 Å². The third-order valence-electron chi connectivity index (χ3n) is 7.02. The minimum Gasteiger partial charge on any atom is -0.497 e. The Bertz CT molecular complexity index is 1750. The topological polar surface area (TPSA) is 18.5 Å². The van der Waals surface area contributed by atoms with E-state index in [0.29, 0.717) is 0 Å². The van der Waals surface area contributed by atoms with Gasteiger partial charge in [0.25, 0.3) is 0 Å². The van der Waals surface area contributed by atoms with Gasteiger partial charge in [0, 0.05) is 9.79 Å². The molecule has 2 nitrogen and oxygen atoms in total. The van der Waals surface area contributed by atoms with E-state index in [1.165, 1.54) is 35.6 Å². The molecule has 4 heteroatoms. The van der Waals surface area contributed by atoms with Gasteiger partial charge in [-0.2, -0.15) is 0 Å². The van der Waals surface area contributed by atoms with Crippen molar-refractivity contribution in [3.05, 3.63) is 152 Å². The third kappa shape index (κ3) is 6.41. The molecule has 0 aliphatic heterocycles. The molecule has 0 aromatic heterocycles. The van der Waals surface area contributed by atoms with Crippen molar-refractivity contribution in [3.8, 4) is 33.8 Å². The Morgan fingerprint density at radius 2 is 0.833 bits per heavy atom. The van der Waals surface area contributed by atoms with Crippen molar-refractivity contribution in [1.82, 2.24) is 0 Å². The molecule has 6 rings (SSSR count). The molecule has 0 N–H and O–H groups in total. The number of methoxy groups -OCH3 is 2. The lowest BCUT2D eigenvalue weighted by molar-refractivity contribution is 0.415. The normalized spacial score (nSPS) is 11.6. The van der Waals surface area contributed by atoms with Crippen LogP contribution in [0.1, 0.15) is 0 Å². The average Bonchev–Trinajstić information content (AvgIpc) is 3.07. The predicted octanol–water partition coefficient (Wildman–Crippen LogP) is 10.3. The Kier molecular flexibility index (Phi) is 8.64. The summed E-state index contributed by atoms with van der Waals surface area (Å²) in [6, 6.07) is 53.9. The van der Waals surface area contributed by atoms with Crippen molar-refractivity contribution in [2.24, 2.45) is 0 Å². The Balaban J connectivity index is 1.23. The standard InChI is InChI=1S/C38H31O2S2/c1-39-32-10-6-8-30(26-32)28-14-18-34(19-15-28)41-35-20-24-38(25-21-35)42(36-12-4-3-5-13-36)37-22-16-29(17-23-37)31-9-7-11-33(27-31)40-2/h3-27H,1-2H3/q+1. The van der Waals surface area contributed by atoms with E-state index in [1.54, 1.807) is 26.0 Å². The molecule has 0 saturated carbocycles. The monoisotopic (exact) mass is 583 g/mol. The van der Waals surface area contributed by atoms with E-state index >= 15 is 0 Å². The Labute approximate surface area is 255 Å². The molecule has 0 heterocycles. The van der Waals surface area contributed by atoms with Crippen molar-refractivity contribution in [2.45, 2.75) is 24.5 Å². The van der Waals surface area contributed by atoms with Crippen LogP contribution in [0.5, 0.6) is 11.5 Å². The van der Waals surface area contributed by atoms with Crippen LogP contribution in [0.15, 0.2) is 176 Å².